The van der Waals surface area contributed by atoms with Gasteiger partial charge in [0.05, 0.1) is 5.56 Å². The molecule has 0 unspecified atom stereocenters. The van der Waals surface area contributed by atoms with Crippen molar-refractivity contribution in [3.05, 3.63) is 64.5 Å². The Hall–Kier alpha value is -2.81. The van der Waals surface area contributed by atoms with Gasteiger partial charge in [-0.25, -0.2) is 18.0 Å². The molecule has 0 aliphatic heterocycles. The van der Waals surface area contributed by atoms with Gasteiger partial charge < -0.3 is 4.74 Å². The van der Waals surface area contributed by atoms with Gasteiger partial charge in [-0.2, -0.15) is 5.26 Å². The van der Waals surface area contributed by atoms with Crippen LogP contribution in [0.1, 0.15) is 85.7 Å². The second-order valence-corrected chi connectivity index (χ2v) is 8.22. The van der Waals surface area contributed by atoms with E-state index in [1.165, 1.54) is 43.9 Å². The van der Waals surface area contributed by atoms with E-state index in [2.05, 4.69) is 6.92 Å². The third-order valence-electron chi connectivity index (χ3n) is 6.09. The van der Waals surface area contributed by atoms with Gasteiger partial charge in [-0.1, -0.05) is 38.7 Å². The van der Waals surface area contributed by atoms with Gasteiger partial charge in [0.1, 0.15) is 34.8 Å². The van der Waals surface area contributed by atoms with Crippen molar-refractivity contribution in [1.29, 1.82) is 5.26 Å². The molecule has 6 heteroatoms. The summed E-state index contributed by atoms with van der Waals surface area (Å²) in [5.41, 5.74) is -0.214. The maximum absolute atomic E-state index is 14.6. The van der Waals surface area contributed by atoms with E-state index < -0.39 is 34.7 Å². The number of nitriles is 1. The van der Waals surface area contributed by atoms with Gasteiger partial charge in [0, 0.05) is 12.1 Å². The van der Waals surface area contributed by atoms with Crippen molar-refractivity contribution in [3.8, 4) is 11.8 Å². The molecular weight excluding hydrogens is 403 g/mol. The van der Waals surface area contributed by atoms with E-state index in [1.54, 1.807) is 6.07 Å². The molecule has 3 nitrogen and oxygen atoms in total. The van der Waals surface area contributed by atoms with Gasteiger partial charge in [-0.05, 0) is 55.2 Å². The monoisotopic (exact) mass is 429 g/mol. The van der Waals surface area contributed by atoms with Gasteiger partial charge in [0.25, 0.3) is 0 Å². The number of esters is 1. The first-order valence-corrected chi connectivity index (χ1v) is 10.8. The Morgan fingerprint density at radius 3 is 2.29 bits per heavy atom. The molecule has 3 rings (SSSR count). The minimum absolute atomic E-state index is 0.267. The molecule has 0 bridgehead atoms. The van der Waals surface area contributed by atoms with Crippen LogP contribution in [0.5, 0.6) is 5.75 Å². The van der Waals surface area contributed by atoms with Crippen LogP contribution >= 0.6 is 0 Å². The van der Waals surface area contributed by atoms with Crippen LogP contribution < -0.4 is 4.74 Å². The Labute approximate surface area is 180 Å². The lowest BCUT2D eigenvalue weighted by Crippen LogP contribution is -2.15. The summed E-state index contributed by atoms with van der Waals surface area (Å²) >= 11 is 0. The molecule has 2 aromatic rings. The van der Waals surface area contributed by atoms with E-state index in [4.69, 9.17) is 10.00 Å². The van der Waals surface area contributed by atoms with Gasteiger partial charge >= 0.3 is 5.97 Å². The highest BCUT2D eigenvalue weighted by atomic mass is 19.1. The maximum Gasteiger partial charge on any atom is 0.346 e. The zero-order chi connectivity index (χ0) is 22.4. The Morgan fingerprint density at radius 1 is 1.03 bits per heavy atom. The van der Waals surface area contributed by atoms with Gasteiger partial charge in [-0.3, -0.25) is 0 Å². The molecule has 31 heavy (non-hydrogen) atoms. The molecule has 0 heterocycles. The summed E-state index contributed by atoms with van der Waals surface area (Å²) in [5, 5.41) is 8.70. The topological polar surface area (TPSA) is 50.1 Å². The summed E-state index contributed by atoms with van der Waals surface area (Å²) in [5.74, 6) is -3.48. The first-order valence-electron chi connectivity index (χ1n) is 10.8. The smallest absolute Gasteiger partial charge is 0.346 e. The van der Waals surface area contributed by atoms with Crippen LogP contribution in [0, 0.1) is 34.7 Å². The van der Waals surface area contributed by atoms with Crippen LogP contribution in [0.25, 0.3) is 0 Å². The number of carbonyl (C=O) groups excluding carboxylic acids is 1. The zero-order valence-corrected chi connectivity index (χ0v) is 17.6. The highest BCUT2D eigenvalue weighted by Crippen LogP contribution is 2.38. The number of halogens is 3. The Balaban J connectivity index is 1.63. The maximum atomic E-state index is 14.6. The van der Waals surface area contributed by atoms with Crippen molar-refractivity contribution in [1.82, 2.24) is 0 Å². The van der Waals surface area contributed by atoms with Gasteiger partial charge in [0.15, 0.2) is 0 Å². The van der Waals surface area contributed by atoms with Gasteiger partial charge in [0.2, 0.25) is 0 Å². The molecule has 0 radical (unpaired) electrons. The molecule has 0 atom stereocenters. The first-order chi connectivity index (χ1) is 14.9. The second kappa shape index (κ2) is 10.5. The molecule has 0 N–H and O–H groups in total. The van der Waals surface area contributed by atoms with Crippen molar-refractivity contribution >= 4 is 5.97 Å². The van der Waals surface area contributed by atoms with E-state index >= 15 is 0 Å². The average molecular weight is 429 g/mol. The third kappa shape index (κ3) is 5.66. The molecule has 1 aliphatic rings. The summed E-state index contributed by atoms with van der Waals surface area (Å²) in [6, 6.07) is 7.28. The standard InChI is InChI=1S/C25H26F3NO2/c1-2-3-4-5-16-6-8-17(9-7-16)18-10-11-20(22(26)12-18)25(30)31-19-13-23(27)21(15-29)24(28)14-19/h10-14,16-17H,2-9H2,1H3. The number of carbonyl (C=O) groups is 1. The Morgan fingerprint density at radius 2 is 1.71 bits per heavy atom. The first kappa shape index (κ1) is 22.9. The summed E-state index contributed by atoms with van der Waals surface area (Å²) in [7, 11) is 0. The van der Waals surface area contributed by atoms with Crippen LogP contribution in [0.4, 0.5) is 13.2 Å². The fourth-order valence-corrected chi connectivity index (χ4v) is 4.30. The van der Waals surface area contributed by atoms with Crippen molar-refractivity contribution in [2.75, 3.05) is 0 Å². The lowest BCUT2D eigenvalue weighted by Gasteiger charge is -2.29. The van der Waals surface area contributed by atoms with E-state index in [9.17, 15) is 18.0 Å². The molecule has 0 saturated heterocycles. The van der Waals surface area contributed by atoms with Crippen LogP contribution in [0.15, 0.2) is 30.3 Å². The minimum Gasteiger partial charge on any atom is -0.423 e. The highest BCUT2D eigenvalue weighted by Gasteiger charge is 2.24. The number of rotatable bonds is 7. The largest absolute Gasteiger partial charge is 0.423 e. The summed E-state index contributed by atoms with van der Waals surface area (Å²) in [4.78, 5) is 12.3. The van der Waals surface area contributed by atoms with E-state index in [0.717, 1.165) is 49.3 Å². The van der Waals surface area contributed by atoms with E-state index in [-0.39, 0.29) is 11.5 Å². The highest BCUT2D eigenvalue weighted by molar-refractivity contribution is 5.91. The average Bonchev–Trinajstić information content (AvgIpc) is 2.74. The fourth-order valence-electron chi connectivity index (χ4n) is 4.30. The number of nitrogens with zero attached hydrogens (tertiary/aromatic N) is 1. The lowest BCUT2D eigenvalue weighted by atomic mass is 9.77. The predicted octanol–water partition coefficient (Wildman–Crippen LogP) is 7.05. The SMILES string of the molecule is CCCCCC1CCC(c2ccc(C(=O)Oc3cc(F)c(C#N)c(F)c3)c(F)c2)CC1. The quantitative estimate of drug-likeness (QED) is 0.269. The Kier molecular flexibility index (Phi) is 7.73. The summed E-state index contributed by atoms with van der Waals surface area (Å²) in [6.07, 6.45) is 9.29. The number of hydrogen-bond acceptors (Lipinski definition) is 3. The van der Waals surface area contributed by atoms with Crippen LogP contribution in [0.3, 0.4) is 0 Å². The lowest BCUT2D eigenvalue weighted by molar-refractivity contribution is 0.0729. The minimum atomic E-state index is -1.15. The van der Waals surface area contributed by atoms with Crippen molar-refractivity contribution in [2.45, 2.75) is 64.2 Å². The molecule has 1 aliphatic carbocycles. The van der Waals surface area contributed by atoms with Crippen molar-refractivity contribution < 1.29 is 22.7 Å². The molecule has 2 aromatic carbocycles. The molecule has 0 aromatic heterocycles. The van der Waals surface area contributed by atoms with Crippen molar-refractivity contribution in [3.63, 3.8) is 0 Å². The molecule has 1 saturated carbocycles. The second-order valence-electron chi connectivity index (χ2n) is 8.22. The number of hydrogen-bond donors (Lipinski definition) is 0. The molecule has 0 spiro atoms. The predicted molar refractivity (Wildman–Crippen MR) is 111 cm³/mol. The molecule has 164 valence electrons. The van der Waals surface area contributed by atoms with Crippen LogP contribution in [0.2, 0.25) is 0 Å². The van der Waals surface area contributed by atoms with Crippen molar-refractivity contribution in [2.24, 2.45) is 5.92 Å². The normalized spacial score (nSPS) is 18.4. The number of unbranched alkanes of at least 4 members (excludes halogenated alkanes) is 2. The van der Waals surface area contributed by atoms with Crippen LogP contribution in [-0.2, 0) is 0 Å². The summed E-state index contributed by atoms with van der Waals surface area (Å²) < 4.78 is 46.9. The van der Waals surface area contributed by atoms with Crippen LogP contribution in [-0.4, -0.2) is 5.97 Å². The molecule has 1 fully saturated rings. The van der Waals surface area contributed by atoms with Gasteiger partial charge in [-0.15, -0.1) is 0 Å². The molecule has 0 amide bonds. The third-order valence-corrected chi connectivity index (χ3v) is 6.09. The fraction of sp³-hybridized carbons (Fsp3) is 0.440. The number of benzene rings is 2. The molecular formula is C25H26F3NO2. The van der Waals surface area contributed by atoms with E-state index in [0.29, 0.717) is 0 Å². The number of ether oxygens (including phenoxy) is 1. The van der Waals surface area contributed by atoms with E-state index in [1.807, 2.05) is 0 Å². The zero-order valence-electron chi connectivity index (χ0n) is 17.6. The summed E-state index contributed by atoms with van der Waals surface area (Å²) in [6.45, 7) is 2.20. The Bertz CT molecular complexity index is 952.